The van der Waals surface area contributed by atoms with Gasteiger partial charge >= 0.3 is 5.97 Å². The standard InChI is InChI=1S/C30H41N3O6/c1-28-11-7-21(34)15-19(28)3-4-22-23(28)8-12-29(2)24(22)9-13-30(29,38)25(35)17-39-27(37)6-5-26(36)32-14-10-20-16-31-18-33-20/h15-16,18,22-24,38H,3-14,17H2,1-2H3,(H,31,33)(H,32,36)/t22-,23+,24-,28+,29-,30+/m0/s1. The first-order chi connectivity index (χ1) is 18.6. The number of carbonyl (C=O) groups is 4. The molecule has 6 atom stereocenters. The molecular weight excluding hydrogens is 498 g/mol. The number of H-pyrrole nitrogens is 1. The second-order valence-electron chi connectivity index (χ2n) is 12.6. The summed E-state index contributed by atoms with van der Waals surface area (Å²) in [6.07, 6.45) is 11.8. The zero-order chi connectivity index (χ0) is 27.8. The van der Waals surface area contributed by atoms with E-state index in [1.54, 1.807) is 12.5 Å². The largest absolute Gasteiger partial charge is 0.458 e. The molecule has 0 saturated heterocycles. The van der Waals surface area contributed by atoms with Crippen molar-refractivity contribution in [3.63, 3.8) is 0 Å². The van der Waals surface area contributed by atoms with E-state index in [4.69, 9.17) is 4.74 Å². The van der Waals surface area contributed by atoms with Crippen LogP contribution >= 0.6 is 0 Å². The number of aromatic nitrogens is 2. The number of aromatic amines is 1. The lowest BCUT2D eigenvalue weighted by atomic mass is 9.46. The number of esters is 1. The molecule has 0 radical (unpaired) electrons. The van der Waals surface area contributed by atoms with Crippen molar-refractivity contribution >= 4 is 23.4 Å². The number of rotatable bonds is 9. The lowest BCUT2D eigenvalue weighted by Gasteiger charge is -2.58. The Morgan fingerprint density at radius 3 is 2.67 bits per heavy atom. The Labute approximate surface area is 229 Å². The molecule has 9 heteroatoms. The zero-order valence-electron chi connectivity index (χ0n) is 23.1. The van der Waals surface area contributed by atoms with Crippen LogP contribution in [0.15, 0.2) is 24.2 Å². The molecule has 1 amide bonds. The predicted octanol–water partition coefficient (Wildman–Crippen LogP) is 3.22. The molecule has 1 aromatic heterocycles. The molecule has 0 bridgehead atoms. The topological polar surface area (TPSA) is 138 Å². The Bertz CT molecular complexity index is 1160. The number of ketones is 2. The molecule has 39 heavy (non-hydrogen) atoms. The Morgan fingerprint density at radius 1 is 1.10 bits per heavy atom. The predicted molar refractivity (Wildman–Crippen MR) is 142 cm³/mol. The van der Waals surface area contributed by atoms with Crippen molar-refractivity contribution < 1.29 is 29.0 Å². The van der Waals surface area contributed by atoms with Crippen LogP contribution in [-0.2, 0) is 30.3 Å². The maximum absolute atomic E-state index is 13.3. The van der Waals surface area contributed by atoms with E-state index in [0.717, 1.165) is 44.2 Å². The molecular formula is C30H41N3O6. The van der Waals surface area contributed by atoms with Crippen LogP contribution in [0, 0.1) is 28.6 Å². The monoisotopic (exact) mass is 539 g/mol. The molecule has 0 unspecified atom stereocenters. The average molecular weight is 540 g/mol. The second kappa shape index (κ2) is 10.6. The van der Waals surface area contributed by atoms with Gasteiger partial charge < -0.3 is 20.1 Å². The Kier molecular flexibility index (Phi) is 7.57. The summed E-state index contributed by atoms with van der Waals surface area (Å²) in [4.78, 5) is 56.6. The fourth-order valence-corrected chi connectivity index (χ4v) is 8.43. The first kappa shape index (κ1) is 27.7. The molecule has 9 nitrogen and oxygen atoms in total. The molecule has 5 rings (SSSR count). The summed E-state index contributed by atoms with van der Waals surface area (Å²) in [5.41, 5.74) is 0.156. The van der Waals surface area contributed by atoms with Gasteiger partial charge in [-0.2, -0.15) is 0 Å². The van der Waals surface area contributed by atoms with Gasteiger partial charge in [0.2, 0.25) is 11.7 Å². The highest BCUT2D eigenvalue weighted by Crippen LogP contribution is 2.67. The second-order valence-corrected chi connectivity index (χ2v) is 12.6. The van der Waals surface area contributed by atoms with Crippen LogP contribution in [0.1, 0.15) is 83.7 Å². The van der Waals surface area contributed by atoms with Gasteiger partial charge in [-0.15, -0.1) is 0 Å². The molecule has 4 aliphatic rings. The summed E-state index contributed by atoms with van der Waals surface area (Å²) in [6, 6.07) is 0. The van der Waals surface area contributed by atoms with Crippen molar-refractivity contribution in [2.75, 3.05) is 13.2 Å². The third-order valence-corrected chi connectivity index (χ3v) is 10.8. The van der Waals surface area contributed by atoms with E-state index in [2.05, 4.69) is 22.2 Å². The van der Waals surface area contributed by atoms with Crippen LogP contribution < -0.4 is 5.32 Å². The molecule has 1 aromatic rings. The van der Waals surface area contributed by atoms with Gasteiger partial charge in [0.25, 0.3) is 0 Å². The molecule has 1 heterocycles. The van der Waals surface area contributed by atoms with Gasteiger partial charge in [-0.25, -0.2) is 4.98 Å². The first-order valence-corrected chi connectivity index (χ1v) is 14.5. The minimum Gasteiger partial charge on any atom is -0.458 e. The average Bonchev–Trinajstić information content (AvgIpc) is 3.53. The summed E-state index contributed by atoms with van der Waals surface area (Å²) in [5.74, 6) is 0.0190. The van der Waals surface area contributed by atoms with Crippen LogP contribution in [0.25, 0.3) is 0 Å². The first-order valence-electron chi connectivity index (χ1n) is 14.5. The SMILES string of the molecule is C[C@]12CC[C@@H]3[C@H](CCC4=CC(=O)CC[C@]43C)[C@@H]1CC[C@@]2(O)C(=O)COC(=O)CCC(=O)NCCc1cnc[nH]1. The quantitative estimate of drug-likeness (QED) is 0.410. The molecule has 3 N–H and O–H groups in total. The number of nitrogens with one attached hydrogen (secondary N) is 2. The van der Waals surface area contributed by atoms with Gasteiger partial charge in [0.15, 0.2) is 12.4 Å². The number of nitrogens with zero attached hydrogens (tertiary/aromatic N) is 1. The number of fused-ring (bicyclic) bond motifs is 5. The van der Waals surface area contributed by atoms with E-state index >= 15 is 0 Å². The summed E-state index contributed by atoms with van der Waals surface area (Å²) < 4.78 is 5.24. The van der Waals surface area contributed by atoms with Crippen molar-refractivity contribution in [3.8, 4) is 0 Å². The zero-order valence-corrected chi connectivity index (χ0v) is 23.1. The van der Waals surface area contributed by atoms with E-state index in [1.165, 1.54) is 5.57 Å². The third-order valence-electron chi connectivity index (χ3n) is 10.8. The number of aliphatic hydroxyl groups is 1. The maximum atomic E-state index is 13.3. The van der Waals surface area contributed by atoms with Crippen molar-refractivity contribution in [2.24, 2.45) is 28.6 Å². The van der Waals surface area contributed by atoms with Gasteiger partial charge in [0.1, 0.15) is 5.60 Å². The van der Waals surface area contributed by atoms with Gasteiger partial charge in [0.05, 0.1) is 12.7 Å². The Morgan fingerprint density at radius 2 is 1.90 bits per heavy atom. The number of ether oxygens (including phenoxy) is 1. The fraction of sp³-hybridized carbons (Fsp3) is 0.700. The van der Waals surface area contributed by atoms with E-state index in [9.17, 15) is 24.3 Å². The highest BCUT2D eigenvalue weighted by atomic mass is 16.5. The normalized spacial score (nSPS) is 35.3. The van der Waals surface area contributed by atoms with E-state index in [0.29, 0.717) is 37.6 Å². The van der Waals surface area contributed by atoms with Crippen LogP contribution in [0.2, 0.25) is 0 Å². The summed E-state index contributed by atoms with van der Waals surface area (Å²) in [6.45, 7) is 4.32. The van der Waals surface area contributed by atoms with Crippen molar-refractivity contribution in [1.29, 1.82) is 0 Å². The lowest BCUT2D eigenvalue weighted by molar-refractivity contribution is -0.170. The highest BCUT2D eigenvalue weighted by molar-refractivity contribution is 5.92. The molecule has 0 aromatic carbocycles. The molecule has 4 aliphatic carbocycles. The van der Waals surface area contributed by atoms with E-state index < -0.39 is 29.4 Å². The molecule has 0 aliphatic heterocycles. The Hall–Kier alpha value is -2.81. The molecule has 3 fully saturated rings. The van der Waals surface area contributed by atoms with Crippen molar-refractivity contribution in [2.45, 2.75) is 90.1 Å². The summed E-state index contributed by atoms with van der Waals surface area (Å²) in [5, 5.41) is 14.5. The van der Waals surface area contributed by atoms with Gasteiger partial charge in [0, 0.05) is 43.1 Å². The number of Topliss-reactive ketones (excluding diaryl/α,β-unsaturated/α-hetero) is 1. The van der Waals surface area contributed by atoms with Crippen LogP contribution in [0.4, 0.5) is 0 Å². The maximum Gasteiger partial charge on any atom is 0.306 e. The molecule has 3 saturated carbocycles. The fourth-order valence-electron chi connectivity index (χ4n) is 8.43. The number of hydrogen-bond acceptors (Lipinski definition) is 7. The number of imidazole rings is 1. The van der Waals surface area contributed by atoms with Crippen LogP contribution in [0.5, 0.6) is 0 Å². The highest BCUT2D eigenvalue weighted by Gasteiger charge is 2.66. The van der Waals surface area contributed by atoms with Crippen molar-refractivity contribution in [3.05, 3.63) is 29.9 Å². The van der Waals surface area contributed by atoms with Gasteiger partial charge in [-0.05, 0) is 74.2 Å². The summed E-state index contributed by atoms with van der Waals surface area (Å²) >= 11 is 0. The third kappa shape index (κ3) is 4.98. The van der Waals surface area contributed by atoms with Gasteiger partial charge in [-0.3, -0.25) is 19.2 Å². The smallest absolute Gasteiger partial charge is 0.306 e. The minimum absolute atomic E-state index is 0.0239. The molecule has 0 spiro atoms. The number of amides is 1. The number of allylic oxidation sites excluding steroid dienone is 1. The van der Waals surface area contributed by atoms with Crippen molar-refractivity contribution in [1.82, 2.24) is 15.3 Å². The number of carbonyl (C=O) groups excluding carboxylic acids is 4. The van der Waals surface area contributed by atoms with Crippen LogP contribution in [0.3, 0.4) is 0 Å². The minimum atomic E-state index is -1.52. The number of hydrogen-bond donors (Lipinski definition) is 3. The molecule has 212 valence electrons. The van der Waals surface area contributed by atoms with Crippen LogP contribution in [-0.4, -0.2) is 57.3 Å². The van der Waals surface area contributed by atoms with E-state index in [1.807, 2.05) is 13.0 Å². The Balaban J connectivity index is 1.13. The lowest BCUT2D eigenvalue weighted by Crippen LogP contribution is -2.58. The van der Waals surface area contributed by atoms with E-state index in [-0.39, 0.29) is 35.9 Å². The summed E-state index contributed by atoms with van der Waals surface area (Å²) in [7, 11) is 0. The van der Waals surface area contributed by atoms with Gasteiger partial charge in [-0.1, -0.05) is 19.4 Å².